The number of ether oxygens (including phenoxy) is 1. The number of ketones is 1. The molecule has 3 aromatic rings. The SMILES string of the molecule is CC(CCc1c2ccoc2cc2oc(=O)ccc12)C1=CC(=O)C(C)(C)O1. The highest BCUT2D eigenvalue weighted by atomic mass is 16.5. The molecule has 0 amide bonds. The first-order chi connectivity index (χ1) is 12.3. The Kier molecular flexibility index (Phi) is 3.75. The molecule has 0 fully saturated rings. The van der Waals surface area contributed by atoms with Gasteiger partial charge in [0.25, 0.3) is 0 Å². The van der Waals surface area contributed by atoms with Crippen molar-refractivity contribution >= 4 is 27.7 Å². The first-order valence-electron chi connectivity index (χ1n) is 8.73. The molecule has 5 nitrogen and oxygen atoms in total. The topological polar surface area (TPSA) is 69.7 Å². The molecule has 0 bridgehead atoms. The van der Waals surface area contributed by atoms with Gasteiger partial charge in [-0.1, -0.05) is 6.92 Å². The summed E-state index contributed by atoms with van der Waals surface area (Å²) < 4.78 is 16.7. The molecule has 1 aliphatic heterocycles. The summed E-state index contributed by atoms with van der Waals surface area (Å²) >= 11 is 0. The Labute approximate surface area is 150 Å². The number of allylic oxidation sites excluding steroid dienone is 1. The molecule has 1 atom stereocenters. The summed E-state index contributed by atoms with van der Waals surface area (Å²) in [5.41, 5.74) is 1.14. The maximum Gasteiger partial charge on any atom is 0.336 e. The number of carbonyl (C=O) groups excluding carboxylic acids is 1. The lowest BCUT2D eigenvalue weighted by molar-refractivity contribution is -0.127. The minimum atomic E-state index is -0.774. The Balaban J connectivity index is 1.66. The summed E-state index contributed by atoms with van der Waals surface area (Å²) in [6, 6.07) is 6.91. The Bertz CT molecular complexity index is 1100. The van der Waals surface area contributed by atoms with Crippen LogP contribution in [0.25, 0.3) is 21.9 Å². The van der Waals surface area contributed by atoms with Gasteiger partial charge in [-0.2, -0.15) is 0 Å². The van der Waals surface area contributed by atoms with Gasteiger partial charge >= 0.3 is 5.63 Å². The lowest BCUT2D eigenvalue weighted by atomic mass is 9.94. The van der Waals surface area contributed by atoms with Crippen LogP contribution in [0.15, 0.2) is 56.0 Å². The molecule has 0 radical (unpaired) electrons. The van der Waals surface area contributed by atoms with Crippen LogP contribution in [0.2, 0.25) is 0 Å². The number of aryl methyl sites for hydroxylation is 1. The van der Waals surface area contributed by atoms with Crippen molar-refractivity contribution in [3.05, 3.63) is 58.3 Å². The van der Waals surface area contributed by atoms with E-state index in [2.05, 4.69) is 6.92 Å². The lowest BCUT2D eigenvalue weighted by Gasteiger charge is -2.21. The molecule has 2 aromatic heterocycles. The number of hydrogen-bond donors (Lipinski definition) is 0. The minimum absolute atomic E-state index is 0.00325. The molecule has 4 rings (SSSR count). The van der Waals surface area contributed by atoms with E-state index in [0.717, 1.165) is 34.9 Å². The first kappa shape index (κ1) is 16.6. The Morgan fingerprint density at radius 3 is 2.58 bits per heavy atom. The van der Waals surface area contributed by atoms with Gasteiger partial charge < -0.3 is 13.6 Å². The van der Waals surface area contributed by atoms with E-state index >= 15 is 0 Å². The van der Waals surface area contributed by atoms with E-state index in [1.807, 2.05) is 6.07 Å². The third kappa shape index (κ3) is 2.73. The van der Waals surface area contributed by atoms with Crippen LogP contribution in [-0.4, -0.2) is 11.4 Å². The molecule has 26 heavy (non-hydrogen) atoms. The molecule has 5 heteroatoms. The predicted molar refractivity (Wildman–Crippen MR) is 98.0 cm³/mol. The van der Waals surface area contributed by atoms with Gasteiger partial charge in [0.1, 0.15) is 16.9 Å². The fraction of sp³-hybridized carbons (Fsp3) is 0.333. The molecule has 0 saturated heterocycles. The molecule has 1 aromatic carbocycles. The Morgan fingerprint density at radius 2 is 1.85 bits per heavy atom. The second kappa shape index (κ2) is 5.87. The van der Waals surface area contributed by atoms with Gasteiger partial charge in [0.05, 0.1) is 6.26 Å². The molecule has 0 saturated carbocycles. The van der Waals surface area contributed by atoms with E-state index in [4.69, 9.17) is 13.6 Å². The van der Waals surface area contributed by atoms with Crippen LogP contribution in [0.5, 0.6) is 0 Å². The average molecular weight is 352 g/mol. The van der Waals surface area contributed by atoms with E-state index in [0.29, 0.717) is 11.2 Å². The maximum atomic E-state index is 12.0. The molecule has 3 heterocycles. The smallest absolute Gasteiger partial charge is 0.336 e. The van der Waals surface area contributed by atoms with Crippen molar-refractivity contribution in [3.8, 4) is 0 Å². The van der Waals surface area contributed by atoms with Crippen LogP contribution >= 0.6 is 0 Å². The van der Waals surface area contributed by atoms with Crippen LogP contribution in [0.3, 0.4) is 0 Å². The van der Waals surface area contributed by atoms with Crippen molar-refractivity contribution in [2.45, 2.75) is 39.2 Å². The quantitative estimate of drug-likeness (QED) is 0.652. The number of furan rings is 1. The summed E-state index contributed by atoms with van der Waals surface area (Å²) in [6.45, 7) is 5.62. The summed E-state index contributed by atoms with van der Waals surface area (Å²) in [7, 11) is 0. The summed E-state index contributed by atoms with van der Waals surface area (Å²) in [4.78, 5) is 23.5. The molecule has 0 aliphatic carbocycles. The van der Waals surface area contributed by atoms with Gasteiger partial charge in [0.15, 0.2) is 5.60 Å². The third-order valence-electron chi connectivity index (χ3n) is 5.02. The van der Waals surface area contributed by atoms with Crippen molar-refractivity contribution in [1.82, 2.24) is 0 Å². The highest BCUT2D eigenvalue weighted by Crippen LogP contribution is 2.34. The van der Waals surface area contributed by atoms with E-state index < -0.39 is 5.60 Å². The molecule has 1 aliphatic rings. The van der Waals surface area contributed by atoms with Crippen molar-refractivity contribution in [1.29, 1.82) is 0 Å². The first-order valence-corrected chi connectivity index (χ1v) is 8.73. The van der Waals surface area contributed by atoms with Crippen LogP contribution < -0.4 is 5.63 Å². The number of hydrogen-bond acceptors (Lipinski definition) is 5. The highest BCUT2D eigenvalue weighted by Gasteiger charge is 2.36. The Hall–Kier alpha value is -2.82. The number of benzene rings is 1. The lowest BCUT2D eigenvalue weighted by Crippen LogP contribution is -2.28. The standard InChI is InChI=1S/C21H20O5/c1-12(16-11-19(22)21(2,3)26-16)4-5-13-14-6-7-20(23)25-18(14)10-17-15(13)8-9-24-17/h6-12H,4-5H2,1-3H3. The monoisotopic (exact) mass is 352 g/mol. The summed E-state index contributed by atoms with van der Waals surface area (Å²) in [6.07, 6.45) is 4.80. The van der Waals surface area contributed by atoms with Crippen molar-refractivity contribution < 1.29 is 18.4 Å². The second-order valence-corrected chi connectivity index (χ2v) is 7.32. The molecule has 1 unspecified atom stereocenters. The molecule has 0 N–H and O–H groups in total. The van der Waals surface area contributed by atoms with Crippen molar-refractivity contribution in [2.24, 2.45) is 5.92 Å². The van der Waals surface area contributed by atoms with E-state index in [-0.39, 0.29) is 17.3 Å². The highest BCUT2D eigenvalue weighted by molar-refractivity contribution is 5.99. The van der Waals surface area contributed by atoms with E-state index in [9.17, 15) is 9.59 Å². The van der Waals surface area contributed by atoms with Gasteiger partial charge in [0.2, 0.25) is 5.78 Å². The number of carbonyl (C=O) groups is 1. The van der Waals surface area contributed by atoms with E-state index in [1.165, 1.54) is 6.07 Å². The normalized spacial score (nSPS) is 17.5. The molecular weight excluding hydrogens is 332 g/mol. The van der Waals surface area contributed by atoms with Crippen LogP contribution in [0.4, 0.5) is 0 Å². The molecular formula is C21H20O5. The van der Waals surface area contributed by atoms with Gasteiger partial charge in [-0.25, -0.2) is 4.79 Å². The molecule has 134 valence electrons. The molecule has 0 spiro atoms. The third-order valence-corrected chi connectivity index (χ3v) is 5.02. The van der Waals surface area contributed by atoms with Crippen LogP contribution in [0.1, 0.15) is 32.8 Å². The fourth-order valence-electron chi connectivity index (χ4n) is 3.43. The average Bonchev–Trinajstić information content (AvgIpc) is 3.15. The number of rotatable bonds is 4. The summed E-state index contributed by atoms with van der Waals surface area (Å²) in [5.74, 6) is 0.840. The van der Waals surface area contributed by atoms with Crippen LogP contribution in [-0.2, 0) is 16.0 Å². The van der Waals surface area contributed by atoms with Gasteiger partial charge in [-0.3, -0.25) is 4.79 Å². The van der Waals surface area contributed by atoms with Gasteiger partial charge in [0, 0.05) is 34.9 Å². The minimum Gasteiger partial charge on any atom is -0.484 e. The van der Waals surface area contributed by atoms with Gasteiger partial charge in [-0.05, 0) is 44.4 Å². The van der Waals surface area contributed by atoms with Crippen molar-refractivity contribution in [2.75, 3.05) is 0 Å². The largest absolute Gasteiger partial charge is 0.484 e. The fourth-order valence-corrected chi connectivity index (χ4v) is 3.43. The zero-order valence-corrected chi connectivity index (χ0v) is 15.0. The second-order valence-electron chi connectivity index (χ2n) is 7.32. The Morgan fingerprint density at radius 1 is 1.08 bits per heavy atom. The van der Waals surface area contributed by atoms with Crippen LogP contribution in [0, 0.1) is 5.92 Å². The van der Waals surface area contributed by atoms with E-state index in [1.54, 1.807) is 38.3 Å². The summed E-state index contributed by atoms with van der Waals surface area (Å²) in [5, 5.41) is 1.92. The van der Waals surface area contributed by atoms with Gasteiger partial charge in [-0.15, -0.1) is 0 Å². The maximum absolute atomic E-state index is 12.0. The zero-order valence-electron chi connectivity index (χ0n) is 15.0. The number of fused-ring (bicyclic) bond motifs is 2. The zero-order chi connectivity index (χ0) is 18.5. The van der Waals surface area contributed by atoms with Crippen molar-refractivity contribution in [3.63, 3.8) is 0 Å². The predicted octanol–water partition coefficient (Wildman–Crippen LogP) is 4.37.